The Morgan fingerprint density at radius 2 is 1.86 bits per heavy atom. The summed E-state index contributed by atoms with van der Waals surface area (Å²) in [5, 5.41) is 0. The van der Waals surface area contributed by atoms with Crippen LogP contribution in [0.5, 0.6) is 0 Å². The molecule has 1 atom stereocenters. The summed E-state index contributed by atoms with van der Waals surface area (Å²) < 4.78 is 0. The van der Waals surface area contributed by atoms with Crippen molar-refractivity contribution >= 4 is 17.5 Å². The molecular weight excluding hydrogens is 276 g/mol. The molecule has 0 N–H and O–H groups in total. The van der Waals surface area contributed by atoms with Crippen LogP contribution in [0.1, 0.15) is 38.7 Å². The molecule has 1 aliphatic rings. The molecule has 0 spiro atoms. The predicted molar refractivity (Wildman–Crippen MR) is 88.8 cm³/mol. The molecule has 0 unspecified atom stereocenters. The van der Waals surface area contributed by atoms with Gasteiger partial charge in [-0.2, -0.15) is 0 Å². The molecule has 22 heavy (non-hydrogen) atoms. The van der Waals surface area contributed by atoms with Crippen LogP contribution in [0.4, 0.5) is 5.69 Å². The fraction of sp³-hybridized carbons (Fsp3) is 0.556. The molecule has 4 heteroatoms. The van der Waals surface area contributed by atoms with Crippen molar-refractivity contribution < 1.29 is 9.59 Å². The van der Waals surface area contributed by atoms with E-state index in [0.717, 1.165) is 37.2 Å². The number of benzene rings is 1. The highest BCUT2D eigenvalue weighted by Crippen LogP contribution is 2.28. The van der Waals surface area contributed by atoms with E-state index >= 15 is 0 Å². The zero-order valence-corrected chi connectivity index (χ0v) is 13.8. The van der Waals surface area contributed by atoms with E-state index in [4.69, 9.17) is 0 Å². The largest absolute Gasteiger partial charge is 0.342 e. The molecule has 1 aromatic carbocycles. The molecule has 0 radical (unpaired) electrons. The fourth-order valence-corrected chi connectivity index (χ4v) is 3.10. The van der Waals surface area contributed by atoms with Crippen molar-refractivity contribution in [3.63, 3.8) is 0 Å². The number of rotatable bonds is 6. The Kier molecular flexibility index (Phi) is 5.58. The van der Waals surface area contributed by atoms with Gasteiger partial charge in [0.05, 0.1) is 5.92 Å². The number of nitrogens with zero attached hydrogens (tertiary/aromatic N) is 2. The molecule has 0 saturated carbocycles. The van der Waals surface area contributed by atoms with Crippen LogP contribution in [0.15, 0.2) is 24.3 Å². The first-order valence-electron chi connectivity index (χ1n) is 8.23. The minimum absolute atomic E-state index is 0.0561. The lowest BCUT2D eigenvalue weighted by Crippen LogP contribution is -2.38. The van der Waals surface area contributed by atoms with Crippen LogP contribution < -0.4 is 4.90 Å². The highest BCUT2D eigenvalue weighted by atomic mass is 16.2. The Morgan fingerprint density at radius 3 is 2.45 bits per heavy atom. The SMILES string of the molecule is CCCN(CCC)C(=O)[C@H]1CC(=O)N(c2ccccc2C)C1. The minimum Gasteiger partial charge on any atom is -0.342 e. The molecule has 1 aliphatic heterocycles. The number of carbonyl (C=O) groups excluding carboxylic acids is 2. The van der Waals surface area contributed by atoms with Crippen LogP contribution in [-0.4, -0.2) is 36.3 Å². The molecule has 0 bridgehead atoms. The maximum atomic E-state index is 12.7. The molecule has 1 heterocycles. The Morgan fingerprint density at radius 1 is 1.23 bits per heavy atom. The van der Waals surface area contributed by atoms with Crippen molar-refractivity contribution in [1.82, 2.24) is 4.90 Å². The van der Waals surface area contributed by atoms with E-state index in [1.54, 1.807) is 4.90 Å². The lowest BCUT2D eigenvalue weighted by molar-refractivity contribution is -0.135. The normalized spacial score (nSPS) is 17.9. The zero-order valence-electron chi connectivity index (χ0n) is 13.8. The fourth-order valence-electron chi connectivity index (χ4n) is 3.10. The Balaban J connectivity index is 2.11. The summed E-state index contributed by atoms with van der Waals surface area (Å²) in [4.78, 5) is 28.7. The molecule has 4 nitrogen and oxygen atoms in total. The van der Waals surface area contributed by atoms with Crippen molar-refractivity contribution in [3.8, 4) is 0 Å². The van der Waals surface area contributed by atoms with Gasteiger partial charge in [0, 0.05) is 31.7 Å². The summed E-state index contributed by atoms with van der Waals surface area (Å²) in [7, 11) is 0. The van der Waals surface area contributed by atoms with Gasteiger partial charge in [0.1, 0.15) is 0 Å². The van der Waals surface area contributed by atoms with Gasteiger partial charge in [0.15, 0.2) is 0 Å². The second kappa shape index (κ2) is 7.43. The van der Waals surface area contributed by atoms with Crippen molar-refractivity contribution in [1.29, 1.82) is 0 Å². The summed E-state index contributed by atoms with van der Waals surface area (Å²) in [5.74, 6) is -0.0149. The first-order chi connectivity index (χ1) is 10.6. The van der Waals surface area contributed by atoms with Crippen LogP contribution in [0.2, 0.25) is 0 Å². The summed E-state index contributed by atoms with van der Waals surface area (Å²) in [6.45, 7) is 8.22. The smallest absolute Gasteiger partial charge is 0.228 e. The number of para-hydroxylation sites is 1. The summed E-state index contributed by atoms with van der Waals surface area (Å²) in [5.41, 5.74) is 2.00. The van der Waals surface area contributed by atoms with Crippen LogP contribution in [-0.2, 0) is 9.59 Å². The Bertz CT molecular complexity index is 536. The monoisotopic (exact) mass is 302 g/mol. The molecule has 2 rings (SSSR count). The van der Waals surface area contributed by atoms with Gasteiger partial charge in [-0.25, -0.2) is 0 Å². The number of carbonyl (C=O) groups is 2. The predicted octanol–water partition coefficient (Wildman–Crippen LogP) is 3.00. The van der Waals surface area contributed by atoms with Crippen LogP contribution in [0, 0.1) is 12.8 Å². The molecule has 2 amide bonds. The van der Waals surface area contributed by atoms with E-state index < -0.39 is 0 Å². The molecule has 0 aliphatic carbocycles. The van der Waals surface area contributed by atoms with E-state index in [2.05, 4.69) is 13.8 Å². The van der Waals surface area contributed by atoms with Crippen molar-refractivity contribution in [2.75, 3.05) is 24.5 Å². The van der Waals surface area contributed by atoms with Crippen LogP contribution >= 0.6 is 0 Å². The first-order valence-corrected chi connectivity index (χ1v) is 8.23. The topological polar surface area (TPSA) is 40.6 Å². The van der Waals surface area contributed by atoms with Gasteiger partial charge in [-0.1, -0.05) is 32.0 Å². The van der Waals surface area contributed by atoms with Crippen molar-refractivity contribution in [3.05, 3.63) is 29.8 Å². The average molecular weight is 302 g/mol. The standard InChI is InChI=1S/C18H26N2O2/c1-4-10-19(11-5-2)18(22)15-12-17(21)20(13-15)16-9-7-6-8-14(16)3/h6-9,15H,4-5,10-13H2,1-3H3/t15-/m0/s1. The number of aryl methyl sites for hydroxylation is 1. The lowest BCUT2D eigenvalue weighted by atomic mass is 10.1. The lowest BCUT2D eigenvalue weighted by Gasteiger charge is -2.25. The van der Waals surface area contributed by atoms with Gasteiger partial charge < -0.3 is 9.80 Å². The van der Waals surface area contributed by atoms with Crippen molar-refractivity contribution in [2.45, 2.75) is 40.0 Å². The molecule has 0 aromatic heterocycles. The van der Waals surface area contributed by atoms with E-state index in [9.17, 15) is 9.59 Å². The third-order valence-electron chi connectivity index (χ3n) is 4.18. The highest BCUT2D eigenvalue weighted by Gasteiger charge is 2.37. The van der Waals surface area contributed by atoms with E-state index in [1.807, 2.05) is 36.1 Å². The maximum absolute atomic E-state index is 12.7. The Hall–Kier alpha value is -1.84. The average Bonchev–Trinajstić information content (AvgIpc) is 2.88. The molecule has 1 saturated heterocycles. The number of hydrogen-bond acceptors (Lipinski definition) is 2. The van der Waals surface area contributed by atoms with Gasteiger partial charge in [-0.3, -0.25) is 9.59 Å². The summed E-state index contributed by atoms with van der Waals surface area (Å²) in [6, 6.07) is 7.85. The third kappa shape index (κ3) is 3.49. The van der Waals surface area contributed by atoms with Gasteiger partial charge in [0.2, 0.25) is 11.8 Å². The minimum atomic E-state index is -0.204. The van der Waals surface area contributed by atoms with Gasteiger partial charge in [-0.15, -0.1) is 0 Å². The van der Waals surface area contributed by atoms with E-state index in [0.29, 0.717) is 13.0 Å². The highest BCUT2D eigenvalue weighted by molar-refractivity contribution is 6.00. The zero-order chi connectivity index (χ0) is 16.1. The van der Waals surface area contributed by atoms with E-state index in [-0.39, 0.29) is 17.7 Å². The van der Waals surface area contributed by atoms with E-state index in [1.165, 1.54) is 0 Å². The first kappa shape index (κ1) is 16.5. The Labute approximate surface area is 133 Å². The second-order valence-electron chi connectivity index (χ2n) is 6.02. The second-order valence-corrected chi connectivity index (χ2v) is 6.02. The summed E-state index contributed by atoms with van der Waals surface area (Å²) >= 11 is 0. The molecule has 1 fully saturated rings. The van der Waals surface area contributed by atoms with Gasteiger partial charge >= 0.3 is 0 Å². The quantitative estimate of drug-likeness (QED) is 0.810. The molecule has 120 valence electrons. The van der Waals surface area contributed by atoms with Crippen LogP contribution in [0.25, 0.3) is 0 Å². The third-order valence-corrected chi connectivity index (χ3v) is 4.18. The van der Waals surface area contributed by atoms with Crippen LogP contribution in [0.3, 0.4) is 0 Å². The van der Waals surface area contributed by atoms with Gasteiger partial charge in [0.25, 0.3) is 0 Å². The number of anilines is 1. The number of hydrogen-bond donors (Lipinski definition) is 0. The van der Waals surface area contributed by atoms with Gasteiger partial charge in [-0.05, 0) is 31.4 Å². The summed E-state index contributed by atoms with van der Waals surface area (Å²) in [6.07, 6.45) is 2.24. The van der Waals surface area contributed by atoms with Crippen molar-refractivity contribution in [2.24, 2.45) is 5.92 Å². The maximum Gasteiger partial charge on any atom is 0.228 e. The molecular formula is C18H26N2O2. The molecule has 1 aromatic rings. The number of amides is 2.